The smallest absolute Gasteiger partial charge is 0.337 e. The number of hydrogen-bond acceptors (Lipinski definition) is 7. The number of nitro benzene ring substituents is 1. The van der Waals surface area contributed by atoms with Gasteiger partial charge in [-0.25, -0.2) is 4.79 Å². The van der Waals surface area contributed by atoms with Crippen molar-refractivity contribution in [3.05, 3.63) is 51.6 Å². The topological polar surface area (TPSA) is 137 Å². The molecular formula is C17H16N2O8. The molecule has 0 saturated heterocycles. The molecular weight excluding hydrogens is 360 g/mol. The Morgan fingerprint density at radius 3 is 2.07 bits per heavy atom. The van der Waals surface area contributed by atoms with Crippen molar-refractivity contribution in [1.82, 2.24) is 0 Å². The summed E-state index contributed by atoms with van der Waals surface area (Å²) in [5.41, 5.74) is -0.788. The maximum absolute atomic E-state index is 12.6. The maximum Gasteiger partial charge on any atom is 0.337 e. The number of non-ortho nitro benzene ring substituents is 1. The summed E-state index contributed by atoms with van der Waals surface area (Å²) in [5, 5.41) is 22.5. The highest BCUT2D eigenvalue weighted by Gasteiger charge is 2.20. The largest absolute Gasteiger partial charge is 0.493 e. The van der Waals surface area contributed by atoms with E-state index < -0.39 is 16.8 Å². The van der Waals surface area contributed by atoms with Crippen LogP contribution in [-0.2, 0) is 0 Å². The Morgan fingerprint density at radius 2 is 1.63 bits per heavy atom. The van der Waals surface area contributed by atoms with E-state index in [4.69, 9.17) is 14.2 Å². The normalized spacial score (nSPS) is 10.0. The first-order chi connectivity index (χ1) is 12.8. The molecule has 0 bridgehead atoms. The highest BCUT2D eigenvalue weighted by atomic mass is 16.6. The zero-order chi connectivity index (χ0) is 20.1. The Bertz CT molecular complexity index is 885. The first-order valence-electron chi connectivity index (χ1n) is 7.45. The molecule has 0 heterocycles. The Balaban J connectivity index is 2.47. The summed E-state index contributed by atoms with van der Waals surface area (Å²) in [4.78, 5) is 34.1. The van der Waals surface area contributed by atoms with Crippen LogP contribution in [0.3, 0.4) is 0 Å². The first kappa shape index (κ1) is 19.5. The number of rotatable bonds is 7. The quantitative estimate of drug-likeness (QED) is 0.555. The van der Waals surface area contributed by atoms with Gasteiger partial charge in [-0.1, -0.05) is 0 Å². The predicted molar refractivity (Wildman–Crippen MR) is 94.1 cm³/mol. The molecule has 0 aliphatic rings. The molecule has 142 valence electrons. The number of nitrogens with zero attached hydrogens (tertiary/aromatic N) is 1. The lowest BCUT2D eigenvalue weighted by Crippen LogP contribution is -2.15. The summed E-state index contributed by atoms with van der Waals surface area (Å²) in [6.45, 7) is 0. The van der Waals surface area contributed by atoms with Crippen LogP contribution in [-0.4, -0.2) is 43.2 Å². The van der Waals surface area contributed by atoms with Crippen molar-refractivity contribution in [2.45, 2.75) is 0 Å². The molecule has 0 saturated carbocycles. The van der Waals surface area contributed by atoms with Crippen molar-refractivity contribution in [2.24, 2.45) is 0 Å². The number of carbonyl (C=O) groups is 2. The third kappa shape index (κ3) is 4.06. The van der Waals surface area contributed by atoms with E-state index in [1.54, 1.807) is 0 Å². The molecule has 2 aromatic rings. The Morgan fingerprint density at radius 1 is 1.04 bits per heavy atom. The van der Waals surface area contributed by atoms with E-state index in [2.05, 4.69) is 5.32 Å². The number of ether oxygens (including phenoxy) is 3. The van der Waals surface area contributed by atoms with E-state index in [1.165, 1.54) is 33.5 Å². The number of hydrogen-bond donors (Lipinski definition) is 2. The minimum absolute atomic E-state index is 0.0762. The molecule has 27 heavy (non-hydrogen) atoms. The second kappa shape index (κ2) is 8.04. The van der Waals surface area contributed by atoms with Gasteiger partial charge >= 0.3 is 5.97 Å². The second-order valence-corrected chi connectivity index (χ2v) is 5.16. The molecule has 1 amide bonds. The molecule has 0 fully saturated rings. The lowest BCUT2D eigenvalue weighted by Gasteiger charge is -2.14. The Kier molecular flexibility index (Phi) is 5.81. The highest BCUT2D eigenvalue weighted by molar-refractivity contribution is 6.08. The van der Waals surface area contributed by atoms with E-state index in [9.17, 15) is 24.8 Å². The van der Waals surface area contributed by atoms with E-state index in [1.807, 2.05) is 0 Å². The number of carboxylic acid groups (broad SMARTS) is 1. The lowest BCUT2D eigenvalue weighted by atomic mass is 10.1. The molecule has 10 nitrogen and oxygen atoms in total. The van der Waals surface area contributed by atoms with E-state index in [0.29, 0.717) is 0 Å². The highest BCUT2D eigenvalue weighted by Crippen LogP contribution is 2.38. The Labute approximate surface area is 153 Å². The summed E-state index contributed by atoms with van der Waals surface area (Å²) in [7, 11) is 4.16. The zero-order valence-corrected chi connectivity index (χ0v) is 14.6. The van der Waals surface area contributed by atoms with Gasteiger partial charge in [-0.3, -0.25) is 14.9 Å². The second-order valence-electron chi connectivity index (χ2n) is 5.16. The van der Waals surface area contributed by atoms with Crippen molar-refractivity contribution in [2.75, 3.05) is 26.6 Å². The van der Waals surface area contributed by atoms with Gasteiger partial charge in [-0.2, -0.15) is 0 Å². The number of carbonyl (C=O) groups excluding carboxylic acids is 1. The number of benzene rings is 2. The van der Waals surface area contributed by atoms with E-state index >= 15 is 0 Å². The summed E-state index contributed by atoms with van der Waals surface area (Å²) in [5.74, 6) is -1.33. The SMILES string of the molecule is COc1cc(C(=O)Nc2cc([N+](=O)[O-])ccc2C(=O)O)cc(OC)c1OC. The summed E-state index contributed by atoms with van der Waals surface area (Å²) in [6.07, 6.45) is 0. The van der Waals surface area contributed by atoms with Gasteiger partial charge in [0.25, 0.3) is 11.6 Å². The number of methoxy groups -OCH3 is 3. The molecule has 10 heteroatoms. The van der Waals surface area contributed by atoms with E-state index in [0.717, 1.165) is 18.2 Å². The van der Waals surface area contributed by atoms with Gasteiger partial charge in [0.05, 0.1) is 37.5 Å². The minimum Gasteiger partial charge on any atom is -0.493 e. The van der Waals surface area contributed by atoms with Crippen LogP contribution in [0.1, 0.15) is 20.7 Å². The average molecular weight is 376 g/mol. The van der Waals surface area contributed by atoms with Gasteiger partial charge in [-0.15, -0.1) is 0 Å². The summed E-state index contributed by atoms with van der Waals surface area (Å²) < 4.78 is 15.5. The van der Waals surface area contributed by atoms with Crippen molar-refractivity contribution in [3.8, 4) is 17.2 Å². The van der Waals surface area contributed by atoms with Crippen LogP contribution >= 0.6 is 0 Å². The fourth-order valence-corrected chi connectivity index (χ4v) is 2.34. The van der Waals surface area contributed by atoms with Gasteiger partial charge in [0, 0.05) is 17.7 Å². The zero-order valence-electron chi connectivity index (χ0n) is 14.6. The summed E-state index contributed by atoms with van der Waals surface area (Å²) in [6, 6.07) is 5.80. The van der Waals surface area contributed by atoms with Crippen LogP contribution < -0.4 is 19.5 Å². The average Bonchev–Trinajstić information content (AvgIpc) is 2.66. The number of amides is 1. The van der Waals surface area contributed by atoms with E-state index in [-0.39, 0.29) is 39.8 Å². The van der Waals surface area contributed by atoms with Crippen LogP contribution in [0.4, 0.5) is 11.4 Å². The van der Waals surface area contributed by atoms with Crippen LogP contribution in [0.25, 0.3) is 0 Å². The van der Waals surface area contributed by atoms with Crippen molar-refractivity contribution in [3.63, 3.8) is 0 Å². The molecule has 0 radical (unpaired) electrons. The standard InChI is InChI=1S/C17H16N2O8/c1-25-13-6-9(7-14(26-2)15(13)27-3)16(20)18-12-8-10(19(23)24)4-5-11(12)17(21)22/h4-8H,1-3H3,(H,18,20)(H,21,22). The number of nitrogens with one attached hydrogen (secondary N) is 1. The molecule has 0 aliphatic heterocycles. The fourth-order valence-electron chi connectivity index (χ4n) is 2.34. The summed E-state index contributed by atoms with van der Waals surface area (Å²) >= 11 is 0. The molecule has 2 rings (SSSR count). The minimum atomic E-state index is -1.34. The predicted octanol–water partition coefficient (Wildman–Crippen LogP) is 2.57. The fraction of sp³-hybridized carbons (Fsp3) is 0.176. The van der Waals surface area contributed by atoms with Gasteiger partial charge < -0.3 is 24.6 Å². The third-order valence-corrected chi connectivity index (χ3v) is 3.62. The molecule has 0 aliphatic carbocycles. The molecule has 0 spiro atoms. The molecule has 0 aromatic heterocycles. The van der Waals surface area contributed by atoms with Crippen LogP contribution in [0, 0.1) is 10.1 Å². The molecule has 0 atom stereocenters. The van der Waals surface area contributed by atoms with Crippen molar-refractivity contribution in [1.29, 1.82) is 0 Å². The van der Waals surface area contributed by atoms with Crippen LogP contribution in [0.5, 0.6) is 17.2 Å². The van der Waals surface area contributed by atoms with Gasteiger partial charge in [0.1, 0.15) is 0 Å². The lowest BCUT2D eigenvalue weighted by molar-refractivity contribution is -0.384. The number of aromatic carboxylic acids is 1. The van der Waals surface area contributed by atoms with Gasteiger partial charge in [0.15, 0.2) is 11.5 Å². The molecule has 0 unspecified atom stereocenters. The first-order valence-corrected chi connectivity index (χ1v) is 7.45. The Hall–Kier alpha value is -3.82. The van der Waals surface area contributed by atoms with Crippen LogP contribution in [0.2, 0.25) is 0 Å². The van der Waals surface area contributed by atoms with Gasteiger partial charge in [-0.05, 0) is 18.2 Å². The van der Waals surface area contributed by atoms with Crippen molar-refractivity contribution >= 4 is 23.3 Å². The van der Waals surface area contributed by atoms with Gasteiger partial charge in [0.2, 0.25) is 5.75 Å². The monoisotopic (exact) mass is 376 g/mol. The van der Waals surface area contributed by atoms with Crippen LogP contribution in [0.15, 0.2) is 30.3 Å². The number of carboxylic acids is 1. The van der Waals surface area contributed by atoms with Crippen molar-refractivity contribution < 1.29 is 33.8 Å². The number of anilines is 1. The maximum atomic E-state index is 12.6. The molecule has 2 N–H and O–H groups in total. The third-order valence-electron chi connectivity index (χ3n) is 3.62. The molecule has 2 aromatic carbocycles. The number of nitro groups is 1.